The molecule has 0 atom stereocenters. The highest BCUT2D eigenvalue weighted by Crippen LogP contribution is 2.25. The van der Waals surface area contributed by atoms with Crippen molar-refractivity contribution in [1.29, 1.82) is 0 Å². The number of primary amides is 1. The van der Waals surface area contributed by atoms with Gasteiger partial charge in [0.25, 0.3) is 0 Å². The highest BCUT2D eigenvalue weighted by molar-refractivity contribution is 7.09. The first kappa shape index (κ1) is 41.2. The van der Waals surface area contributed by atoms with Gasteiger partial charge in [-0.3, -0.25) is 14.8 Å². The van der Waals surface area contributed by atoms with E-state index in [1.54, 1.807) is 57.5 Å². The van der Waals surface area contributed by atoms with Crippen LogP contribution in [0, 0.1) is 11.8 Å². The highest BCUT2D eigenvalue weighted by Gasteiger charge is 2.25. The quantitative estimate of drug-likeness (QED) is 0.116. The van der Waals surface area contributed by atoms with E-state index >= 15 is 0 Å². The molecule has 14 heteroatoms. The van der Waals surface area contributed by atoms with Gasteiger partial charge in [0.05, 0.1) is 34.0 Å². The van der Waals surface area contributed by atoms with Crippen LogP contribution >= 0.6 is 22.7 Å². The summed E-state index contributed by atoms with van der Waals surface area (Å²) in [4.78, 5) is 48.8. The molecule has 2 aliphatic rings. The zero-order valence-corrected chi connectivity index (χ0v) is 33.5. The van der Waals surface area contributed by atoms with Gasteiger partial charge >= 0.3 is 12.2 Å². The highest BCUT2D eigenvalue weighted by atomic mass is 32.1. The van der Waals surface area contributed by atoms with E-state index in [1.165, 1.54) is 33.8 Å². The Bertz CT molecular complexity index is 1930. The Kier molecular flexibility index (Phi) is 15.7. The lowest BCUT2D eigenvalue weighted by atomic mass is 9.94. The molecule has 300 valence electrons. The first-order valence-corrected chi connectivity index (χ1v) is 21.0. The Balaban J connectivity index is 0.000000194. The normalized spacial score (nSPS) is 14.6. The van der Waals surface area contributed by atoms with Crippen molar-refractivity contribution in [1.82, 2.24) is 19.8 Å². The summed E-state index contributed by atoms with van der Waals surface area (Å²) in [7, 11) is 0. The number of carbonyl (C=O) groups excluding carboxylic acids is 3. The fraction of sp³-hybridized carbons (Fsp3) is 0.372. The van der Waals surface area contributed by atoms with Crippen molar-refractivity contribution in [2.75, 3.05) is 39.4 Å². The molecule has 0 saturated carbocycles. The summed E-state index contributed by atoms with van der Waals surface area (Å²) in [5, 5.41) is 0. The van der Waals surface area contributed by atoms with Crippen LogP contribution in [0.5, 0.6) is 11.5 Å². The van der Waals surface area contributed by atoms with Gasteiger partial charge in [-0.2, -0.15) is 0 Å². The van der Waals surface area contributed by atoms with Crippen LogP contribution in [0.25, 0.3) is 11.1 Å². The van der Waals surface area contributed by atoms with Gasteiger partial charge in [-0.25, -0.2) is 9.59 Å². The molecule has 4 heterocycles. The fourth-order valence-corrected chi connectivity index (χ4v) is 7.67. The number of carbonyl (C=O) groups is 3. The predicted octanol–water partition coefficient (Wildman–Crippen LogP) is 8.69. The van der Waals surface area contributed by atoms with E-state index in [0.717, 1.165) is 72.9 Å². The van der Waals surface area contributed by atoms with Gasteiger partial charge in [0, 0.05) is 44.1 Å². The Hall–Kier alpha value is -5.47. The second kappa shape index (κ2) is 21.7. The van der Waals surface area contributed by atoms with E-state index in [4.69, 9.17) is 24.7 Å². The molecule has 57 heavy (non-hydrogen) atoms. The van der Waals surface area contributed by atoms with Crippen molar-refractivity contribution in [3.05, 3.63) is 118 Å². The Morgan fingerprint density at radius 1 is 0.614 bits per heavy atom. The van der Waals surface area contributed by atoms with Crippen molar-refractivity contribution in [2.24, 2.45) is 17.6 Å². The van der Waals surface area contributed by atoms with E-state index in [2.05, 4.69) is 34.2 Å². The molecule has 3 aromatic carbocycles. The number of likely N-dealkylation sites (tertiary alicyclic amines) is 2. The number of amides is 3. The summed E-state index contributed by atoms with van der Waals surface area (Å²) in [6.45, 7) is 4.81. The van der Waals surface area contributed by atoms with Crippen LogP contribution in [0.4, 0.5) is 9.59 Å². The first-order chi connectivity index (χ1) is 27.9. The smallest absolute Gasteiger partial charge is 0.410 e. The number of piperidine rings is 2. The number of nitrogens with zero attached hydrogens (tertiary/aromatic N) is 4. The number of ether oxygens (including phenoxy) is 4. The van der Waals surface area contributed by atoms with Crippen LogP contribution in [-0.2, 0) is 22.7 Å². The second-order valence-corrected chi connectivity index (χ2v) is 15.9. The molecule has 2 fully saturated rings. The monoisotopic (exact) mass is 811 g/mol. The van der Waals surface area contributed by atoms with Gasteiger partial charge in [0.2, 0.25) is 5.91 Å². The molecule has 3 amide bonds. The average molecular weight is 812 g/mol. The van der Waals surface area contributed by atoms with Gasteiger partial charge in [0.1, 0.15) is 24.7 Å². The number of nitrogens with two attached hydrogens (primary N) is 1. The Labute approximate surface area is 341 Å². The number of thiazole rings is 2. The molecule has 0 aliphatic carbocycles. The lowest BCUT2D eigenvalue weighted by Gasteiger charge is -2.31. The molecular formula is C43H49N5O7S2. The summed E-state index contributed by atoms with van der Waals surface area (Å²) in [6, 6.07) is 25.4. The van der Waals surface area contributed by atoms with Crippen LogP contribution in [0.3, 0.4) is 0 Å². The topological polar surface area (TPSA) is 146 Å². The summed E-state index contributed by atoms with van der Waals surface area (Å²) in [5.41, 5.74) is 11.6. The van der Waals surface area contributed by atoms with Gasteiger partial charge in [-0.1, -0.05) is 42.5 Å². The second-order valence-electron chi connectivity index (χ2n) is 14.0. The maximum atomic E-state index is 12.2. The third-order valence-corrected chi connectivity index (χ3v) is 11.6. The number of benzene rings is 3. The van der Waals surface area contributed by atoms with Gasteiger partial charge in [-0.05, 0) is 97.9 Å². The Morgan fingerprint density at radius 2 is 1.05 bits per heavy atom. The predicted molar refractivity (Wildman–Crippen MR) is 220 cm³/mol. The molecule has 0 bridgehead atoms. The van der Waals surface area contributed by atoms with Crippen molar-refractivity contribution in [3.63, 3.8) is 0 Å². The standard InChI is InChI=1S/C24H26N2O3S.C19H23N3O4S/c27-24(29-17-23-16-25-18-30-23)26-13-10-19(11-14-26)12-15-28-22-8-6-21(7-9-22)20-4-2-1-3-5-20;20-18(23)15-1-3-16(4-2-15)25-10-7-14-5-8-22(9-6-14)19(24)26-12-17-11-21-13-27-17/h1-9,16,18-19H,10-15,17H2;1-4,11,13-14H,5-10,12H2,(H2,20,23). The van der Waals surface area contributed by atoms with Crippen molar-refractivity contribution >= 4 is 40.8 Å². The maximum Gasteiger partial charge on any atom is 0.410 e. The van der Waals surface area contributed by atoms with E-state index in [0.29, 0.717) is 50.3 Å². The van der Waals surface area contributed by atoms with E-state index in [1.807, 2.05) is 30.3 Å². The minimum atomic E-state index is -0.445. The van der Waals surface area contributed by atoms with Crippen LogP contribution < -0.4 is 15.2 Å². The van der Waals surface area contributed by atoms with Crippen LogP contribution in [-0.4, -0.2) is 77.3 Å². The minimum Gasteiger partial charge on any atom is -0.494 e. The molecule has 2 N–H and O–H groups in total. The molecule has 0 radical (unpaired) electrons. The zero-order valence-electron chi connectivity index (χ0n) is 31.9. The molecule has 12 nitrogen and oxygen atoms in total. The lowest BCUT2D eigenvalue weighted by molar-refractivity contribution is 0.0799. The minimum absolute atomic E-state index is 0.225. The van der Waals surface area contributed by atoms with Crippen molar-refractivity contribution in [3.8, 4) is 22.6 Å². The molecule has 2 aromatic heterocycles. The zero-order chi connectivity index (χ0) is 39.7. The largest absolute Gasteiger partial charge is 0.494 e. The van der Waals surface area contributed by atoms with Gasteiger partial charge in [-0.15, -0.1) is 22.7 Å². The van der Waals surface area contributed by atoms with Crippen LogP contribution in [0.15, 0.2) is 102 Å². The van der Waals surface area contributed by atoms with Crippen molar-refractivity contribution in [2.45, 2.75) is 51.7 Å². The first-order valence-electron chi connectivity index (χ1n) is 19.3. The van der Waals surface area contributed by atoms with Gasteiger partial charge < -0.3 is 34.5 Å². The van der Waals surface area contributed by atoms with Crippen LogP contribution in [0.2, 0.25) is 0 Å². The average Bonchev–Trinajstić information content (AvgIpc) is 3.99. The third kappa shape index (κ3) is 13.3. The van der Waals surface area contributed by atoms with Crippen LogP contribution in [0.1, 0.15) is 58.6 Å². The number of hydrogen-bond donors (Lipinski definition) is 1. The maximum absolute atomic E-state index is 12.2. The molecule has 0 unspecified atom stereocenters. The fourth-order valence-electron chi connectivity index (χ4n) is 6.66. The SMILES string of the molecule is NC(=O)c1ccc(OCCC2CCN(C(=O)OCc3cncs3)CC2)cc1.O=C(OCc1cncs1)N1CCC(CCOc2ccc(-c3ccccc3)cc2)CC1. The molecule has 5 aromatic rings. The third-order valence-electron chi connectivity index (χ3n) is 10.1. The van der Waals surface area contributed by atoms with E-state index in [-0.39, 0.29) is 18.8 Å². The van der Waals surface area contributed by atoms with Gasteiger partial charge in [0.15, 0.2) is 0 Å². The molecule has 2 aliphatic heterocycles. The van der Waals surface area contributed by atoms with Crippen molar-refractivity contribution < 1.29 is 33.3 Å². The number of rotatable bonds is 14. The molecule has 7 rings (SSSR count). The summed E-state index contributed by atoms with van der Waals surface area (Å²) < 4.78 is 22.4. The summed E-state index contributed by atoms with van der Waals surface area (Å²) in [5.74, 6) is 2.29. The molecular weight excluding hydrogens is 763 g/mol. The summed E-state index contributed by atoms with van der Waals surface area (Å²) in [6.07, 6.45) is 8.78. The molecule has 2 saturated heterocycles. The number of aromatic nitrogens is 2. The number of hydrogen-bond acceptors (Lipinski definition) is 11. The Morgan fingerprint density at radius 3 is 1.47 bits per heavy atom. The van der Waals surface area contributed by atoms with E-state index in [9.17, 15) is 14.4 Å². The lowest BCUT2D eigenvalue weighted by Crippen LogP contribution is -2.39. The molecule has 0 spiro atoms. The summed E-state index contributed by atoms with van der Waals surface area (Å²) >= 11 is 2.98. The van der Waals surface area contributed by atoms with E-state index < -0.39 is 5.91 Å².